The largest absolute Gasteiger partial charge is 0.366 e. The Hall–Kier alpha value is -2.89. The summed E-state index contributed by atoms with van der Waals surface area (Å²) in [5.74, 6) is -0.495. The second kappa shape index (κ2) is 5.63. The van der Waals surface area contributed by atoms with Gasteiger partial charge in [0.25, 0.3) is 5.56 Å². The molecule has 4 rings (SSSR count). The molecular weight excluding hydrogens is 304 g/mol. The van der Waals surface area contributed by atoms with Crippen LogP contribution in [0.15, 0.2) is 41.3 Å². The third-order valence-corrected chi connectivity index (χ3v) is 4.72. The van der Waals surface area contributed by atoms with Gasteiger partial charge in [0.1, 0.15) is 5.69 Å². The van der Waals surface area contributed by atoms with E-state index in [-0.39, 0.29) is 5.56 Å². The molecule has 0 aliphatic heterocycles. The molecular formula is C18H18N4O2. The van der Waals surface area contributed by atoms with Crippen LogP contribution in [0.4, 0.5) is 0 Å². The molecule has 0 bridgehead atoms. The predicted octanol–water partition coefficient (Wildman–Crippen LogP) is 2.61. The number of primary amides is 1. The molecule has 3 N–H and O–H groups in total. The van der Waals surface area contributed by atoms with Crippen LogP contribution in [0.2, 0.25) is 0 Å². The molecule has 6 nitrogen and oxygen atoms in total. The van der Waals surface area contributed by atoms with Crippen LogP contribution in [-0.2, 0) is 0 Å². The summed E-state index contributed by atoms with van der Waals surface area (Å²) in [5, 5.41) is 5.31. The number of aromatic nitrogens is 3. The van der Waals surface area contributed by atoms with E-state index in [4.69, 9.17) is 10.8 Å². The van der Waals surface area contributed by atoms with E-state index in [1.807, 2.05) is 16.8 Å². The summed E-state index contributed by atoms with van der Waals surface area (Å²) < 4.78 is 1.98. The van der Waals surface area contributed by atoms with E-state index in [9.17, 15) is 9.59 Å². The van der Waals surface area contributed by atoms with E-state index in [0.29, 0.717) is 22.7 Å². The van der Waals surface area contributed by atoms with Crippen LogP contribution in [0.1, 0.15) is 42.1 Å². The van der Waals surface area contributed by atoms with Gasteiger partial charge in [-0.3, -0.25) is 14.3 Å². The number of amides is 1. The van der Waals surface area contributed by atoms with Crippen molar-refractivity contribution in [2.45, 2.75) is 31.7 Å². The van der Waals surface area contributed by atoms with Crippen molar-refractivity contribution in [2.75, 3.05) is 0 Å². The molecule has 1 aliphatic carbocycles. The summed E-state index contributed by atoms with van der Waals surface area (Å²) in [6, 6.07) is 9.17. The van der Waals surface area contributed by atoms with Crippen LogP contribution in [0, 0.1) is 0 Å². The minimum absolute atomic E-state index is 0.170. The van der Waals surface area contributed by atoms with Gasteiger partial charge in [-0.25, -0.2) is 0 Å². The Morgan fingerprint density at radius 2 is 2.04 bits per heavy atom. The van der Waals surface area contributed by atoms with Crippen LogP contribution >= 0.6 is 0 Å². The van der Waals surface area contributed by atoms with Gasteiger partial charge in [0, 0.05) is 17.3 Å². The zero-order chi connectivity index (χ0) is 16.7. The number of carbonyl (C=O) groups is 1. The van der Waals surface area contributed by atoms with E-state index in [1.165, 1.54) is 12.8 Å². The lowest BCUT2D eigenvalue weighted by Gasteiger charge is -2.10. The van der Waals surface area contributed by atoms with Crippen molar-refractivity contribution in [3.05, 3.63) is 52.4 Å². The summed E-state index contributed by atoms with van der Waals surface area (Å²) in [4.78, 5) is 26.6. The van der Waals surface area contributed by atoms with Gasteiger partial charge < -0.3 is 10.7 Å². The Morgan fingerprint density at radius 3 is 2.79 bits per heavy atom. The molecule has 122 valence electrons. The van der Waals surface area contributed by atoms with Crippen LogP contribution in [0.25, 0.3) is 22.2 Å². The minimum atomic E-state index is -0.495. The Kier molecular flexibility index (Phi) is 3.45. The molecule has 3 aromatic rings. The van der Waals surface area contributed by atoms with Gasteiger partial charge >= 0.3 is 0 Å². The van der Waals surface area contributed by atoms with Crippen LogP contribution in [-0.4, -0.2) is 20.7 Å². The number of nitrogens with one attached hydrogen (secondary N) is 1. The van der Waals surface area contributed by atoms with Crippen molar-refractivity contribution in [3.63, 3.8) is 0 Å². The van der Waals surface area contributed by atoms with Crippen LogP contribution < -0.4 is 11.3 Å². The molecule has 2 aromatic heterocycles. The first kappa shape index (κ1) is 14.7. The van der Waals surface area contributed by atoms with Gasteiger partial charge in [0.15, 0.2) is 0 Å². The van der Waals surface area contributed by atoms with Gasteiger partial charge in [0.05, 0.1) is 16.9 Å². The predicted molar refractivity (Wildman–Crippen MR) is 91.8 cm³/mol. The third-order valence-electron chi connectivity index (χ3n) is 4.72. The normalized spacial score (nSPS) is 15.2. The maximum Gasteiger partial charge on any atom is 0.259 e. The van der Waals surface area contributed by atoms with E-state index in [2.05, 4.69) is 4.98 Å². The number of nitrogens with zero attached hydrogens (tertiary/aromatic N) is 2. The first-order valence-electron chi connectivity index (χ1n) is 8.15. The third kappa shape index (κ3) is 2.31. The van der Waals surface area contributed by atoms with E-state index in [1.54, 1.807) is 24.4 Å². The average molecular weight is 322 g/mol. The molecule has 1 fully saturated rings. The Labute approximate surface area is 138 Å². The zero-order valence-corrected chi connectivity index (χ0v) is 13.2. The number of hydrogen-bond acceptors (Lipinski definition) is 3. The Morgan fingerprint density at radius 1 is 1.25 bits per heavy atom. The molecule has 24 heavy (non-hydrogen) atoms. The molecule has 0 saturated heterocycles. The standard InChI is InChI=1S/C18H18N4O2/c19-17(23)12-5-3-4-11(10-12)16-15-14(8-9-20-18(15)24)22(21-16)13-6-1-2-7-13/h3-5,8-10,13H,1-2,6-7H2,(H2,19,23)(H,20,24). The lowest BCUT2D eigenvalue weighted by atomic mass is 10.1. The Balaban J connectivity index is 1.97. The Bertz CT molecular complexity index is 980. The summed E-state index contributed by atoms with van der Waals surface area (Å²) in [6.45, 7) is 0. The average Bonchev–Trinajstić information content (AvgIpc) is 3.23. The van der Waals surface area contributed by atoms with Gasteiger partial charge in [-0.1, -0.05) is 25.0 Å². The first-order valence-corrected chi connectivity index (χ1v) is 8.15. The molecule has 1 amide bonds. The number of H-pyrrole nitrogens is 1. The summed E-state index contributed by atoms with van der Waals surface area (Å²) in [6.07, 6.45) is 6.17. The van der Waals surface area contributed by atoms with Crippen LogP contribution in [0.3, 0.4) is 0 Å². The molecule has 1 saturated carbocycles. The van der Waals surface area contributed by atoms with Crippen molar-refractivity contribution < 1.29 is 4.79 Å². The minimum Gasteiger partial charge on any atom is -0.366 e. The number of rotatable bonds is 3. The number of carbonyl (C=O) groups excluding carboxylic acids is 1. The second-order valence-electron chi connectivity index (χ2n) is 6.24. The van der Waals surface area contributed by atoms with Gasteiger partial charge in [0.2, 0.25) is 5.91 Å². The molecule has 6 heteroatoms. The van der Waals surface area contributed by atoms with Gasteiger partial charge in [-0.15, -0.1) is 0 Å². The fraction of sp³-hybridized carbons (Fsp3) is 0.278. The number of hydrogen-bond donors (Lipinski definition) is 2. The van der Waals surface area contributed by atoms with Crippen molar-refractivity contribution in [1.82, 2.24) is 14.8 Å². The van der Waals surface area contributed by atoms with E-state index < -0.39 is 5.91 Å². The number of pyridine rings is 1. The molecule has 0 unspecified atom stereocenters. The lowest BCUT2D eigenvalue weighted by molar-refractivity contribution is 0.100. The fourth-order valence-electron chi connectivity index (χ4n) is 3.55. The van der Waals surface area contributed by atoms with Crippen molar-refractivity contribution in [1.29, 1.82) is 0 Å². The monoisotopic (exact) mass is 322 g/mol. The molecule has 2 heterocycles. The fourth-order valence-corrected chi connectivity index (χ4v) is 3.55. The summed E-state index contributed by atoms with van der Waals surface area (Å²) >= 11 is 0. The highest BCUT2D eigenvalue weighted by Crippen LogP contribution is 2.34. The SMILES string of the molecule is NC(=O)c1cccc(-c2nn(C3CCCC3)c3cc[nH]c(=O)c23)c1. The molecule has 1 aromatic carbocycles. The number of benzene rings is 1. The van der Waals surface area contributed by atoms with Crippen molar-refractivity contribution in [3.8, 4) is 11.3 Å². The number of nitrogens with two attached hydrogens (primary N) is 1. The van der Waals surface area contributed by atoms with Gasteiger partial charge in [-0.2, -0.15) is 5.10 Å². The highest BCUT2D eigenvalue weighted by Gasteiger charge is 2.23. The smallest absolute Gasteiger partial charge is 0.259 e. The van der Waals surface area contributed by atoms with E-state index >= 15 is 0 Å². The van der Waals surface area contributed by atoms with Crippen molar-refractivity contribution in [2.24, 2.45) is 5.73 Å². The summed E-state index contributed by atoms with van der Waals surface area (Å²) in [5.41, 5.74) is 7.77. The maximum atomic E-state index is 12.4. The molecule has 0 spiro atoms. The zero-order valence-electron chi connectivity index (χ0n) is 13.2. The van der Waals surface area contributed by atoms with Crippen molar-refractivity contribution >= 4 is 16.8 Å². The first-order chi connectivity index (χ1) is 11.6. The topological polar surface area (TPSA) is 93.8 Å². The van der Waals surface area contributed by atoms with E-state index in [0.717, 1.165) is 23.9 Å². The quantitative estimate of drug-likeness (QED) is 0.776. The van der Waals surface area contributed by atoms with Gasteiger partial charge in [-0.05, 0) is 31.0 Å². The summed E-state index contributed by atoms with van der Waals surface area (Å²) in [7, 11) is 0. The highest BCUT2D eigenvalue weighted by atomic mass is 16.1. The number of fused-ring (bicyclic) bond motifs is 1. The second-order valence-corrected chi connectivity index (χ2v) is 6.24. The highest BCUT2D eigenvalue weighted by molar-refractivity contribution is 5.97. The number of aromatic amines is 1. The molecule has 1 aliphatic rings. The molecule has 0 radical (unpaired) electrons. The maximum absolute atomic E-state index is 12.4. The molecule has 0 atom stereocenters. The van der Waals surface area contributed by atoms with Crippen LogP contribution in [0.5, 0.6) is 0 Å². The lowest BCUT2D eigenvalue weighted by Crippen LogP contribution is -2.10.